The minimum absolute atomic E-state index is 0.128. The Hall–Kier alpha value is -3.34. The summed E-state index contributed by atoms with van der Waals surface area (Å²) >= 11 is 0. The lowest BCUT2D eigenvalue weighted by Crippen LogP contribution is -2.35. The molecule has 0 radical (unpaired) electrons. The van der Waals surface area contributed by atoms with Crippen molar-refractivity contribution in [3.8, 4) is 0 Å². The van der Waals surface area contributed by atoms with E-state index in [1.165, 1.54) is 33.6 Å². The van der Waals surface area contributed by atoms with Gasteiger partial charge >= 0.3 is 5.97 Å². The van der Waals surface area contributed by atoms with Crippen molar-refractivity contribution < 1.29 is 18.7 Å². The molecule has 5 heteroatoms. The molecule has 1 amide bonds. The molecule has 0 saturated heterocycles. The third-order valence-electron chi connectivity index (χ3n) is 7.68. The van der Waals surface area contributed by atoms with Gasteiger partial charge in [-0.3, -0.25) is 9.59 Å². The van der Waals surface area contributed by atoms with E-state index in [1.807, 2.05) is 36.4 Å². The van der Waals surface area contributed by atoms with Crippen molar-refractivity contribution in [3.63, 3.8) is 0 Å². The molecule has 1 aliphatic carbocycles. The molecule has 0 spiro atoms. The van der Waals surface area contributed by atoms with Gasteiger partial charge in [0.1, 0.15) is 12.3 Å². The summed E-state index contributed by atoms with van der Waals surface area (Å²) in [7, 11) is 0. The molecule has 5 nitrogen and oxygen atoms in total. The molecular formula is C32H39NO4. The number of carbonyl (C=O) groups is 2. The molecule has 37 heavy (non-hydrogen) atoms. The Morgan fingerprint density at radius 1 is 0.946 bits per heavy atom. The first kappa shape index (κ1) is 26.7. The van der Waals surface area contributed by atoms with Crippen LogP contribution in [-0.4, -0.2) is 29.9 Å². The summed E-state index contributed by atoms with van der Waals surface area (Å²) in [4.78, 5) is 27.1. The van der Waals surface area contributed by atoms with Crippen molar-refractivity contribution in [1.29, 1.82) is 0 Å². The number of benzene rings is 2. The fourth-order valence-electron chi connectivity index (χ4n) is 5.25. The minimum Gasteiger partial charge on any atom is -0.465 e. The summed E-state index contributed by atoms with van der Waals surface area (Å²) in [5.41, 5.74) is 6.53. The van der Waals surface area contributed by atoms with E-state index in [-0.39, 0.29) is 35.6 Å². The normalized spacial score (nSPS) is 15.6. The molecule has 3 aromatic rings. The summed E-state index contributed by atoms with van der Waals surface area (Å²) in [5.74, 6) is 0.198. The van der Waals surface area contributed by atoms with Crippen LogP contribution in [0.4, 0.5) is 0 Å². The second-order valence-electron chi connectivity index (χ2n) is 11.5. The molecule has 1 aromatic heterocycles. The maximum absolute atomic E-state index is 13.4. The molecule has 0 atom stereocenters. The number of esters is 1. The topological polar surface area (TPSA) is 59.8 Å². The molecule has 0 unspecified atom stereocenters. The van der Waals surface area contributed by atoms with Crippen molar-refractivity contribution >= 4 is 11.9 Å². The van der Waals surface area contributed by atoms with Crippen molar-refractivity contribution in [1.82, 2.24) is 4.90 Å². The second-order valence-corrected chi connectivity index (χ2v) is 11.5. The van der Waals surface area contributed by atoms with Crippen molar-refractivity contribution in [2.24, 2.45) is 0 Å². The highest BCUT2D eigenvalue weighted by Crippen LogP contribution is 2.46. The number of nitrogens with zero attached hydrogens (tertiary/aromatic N) is 1. The molecule has 0 saturated carbocycles. The predicted octanol–water partition coefficient (Wildman–Crippen LogP) is 6.73. The van der Waals surface area contributed by atoms with Crippen LogP contribution < -0.4 is 0 Å². The highest BCUT2D eigenvalue weighted by atomic mass is 16.5. The maximum atomic E-state index is 13.4. The van der Waals surface area contributed by atoms with Crippen LogP contribution in [-0.2, 0) is 33.3 Å². The first-order valence-corrected chi connectivity index (χ1v) is 13.2. The first-order chi connectivity index (χ1) is 17.5. The highest BCUT2D eigenvalue weighted by molar-refractivity contribution is 5.93. The van der Waals surface area contributed by atoms with Gasteiger partial charge < -0.3 is 14.1 Å². The summed E-state index contributed by atoms with van der Waals surface area (Å²) in [6.45, 7) is 13.7. The van der Waals surface area contributed by atoms with E-state index in [9.17, 15) is 9.59 Å². The van der Waals surface area contributed by atoms with Crippen molar-refractivity contribution in [2.45, 2.75) is 78.2 Å². The number of fused-ring (bicyclic) bond motifs is 1. The molecular weight excluding hydrogens is 462 g/mol. The van der Waals surface area contributed by atoms with Crippen LogP contribution >= 0.6 is 0 Å². The zero-order chi connectivity index (χ0) is 26.8. The van der Waals surface area contributed by atoms with Gasteiger partial charge in [-0.2, -0.15) is 0 Å². The van der Waals surface area contributed by atoms with Gasteiger partial charge in [-0.1, -0.05) is 70.2 Å². The van der Waals surface area contributed by atoms with Crippen molar-refractivity contribution in [2.75, 3.05) is 13.2 Å². The van der Waals surface area contributed by atoms with Crippen LogP contribution in [0.3, 0.4) is 0 Å². The first-order valence-electron chi connectivity index (χ1n) is 13.2. The van der Waals surface area contributed by atoms with E-state index < -0.39 is 5.97 Å². The number of amides is 1. The quantitative estimate of drug-likeness (QED) is 0.321. The predicted molar refractivity (Wildman–Crippen MR) is 146 cm³/mol. The Labute approximate surface area is 220 Å². The number of rotatable bonds is 8. The Morgan fingerprint density at radius 3 is 2.24 bits per heavy atom. The van der Waals surface area contributed by atoms with E-state index in [4.69, 9.17) is 9.15 Å². The Bertz CT molecular complexity index is 1270. The van der Waals surface area contributed by atoms with Gasteiger partial charge in [0.15, 0.2) is 5.76 Å². The fraction of sp³-hybridized carbons (Fsp3) is 0.438. The van der Waals surface area contributed by atoms with E-state index in [0.29, 0.717) is 13.0 Å². The van der Waals surface area contributed by atoms with Gasteiger partial charge in [0, 0.05) is 13.0 Å². The van der Waals surface area contributed by atoms with E-state index >= 15 is 0 Å². The standard InChI is InChI=1S/C32H39NO4/c1-7-36-29(34)21-33(20-23-11-9-8-10-12-23)30(35)28-14-13-25(37-28)18-24-19-27-26(17-22(24)2)31(3,4)15-16-32(27,5)6/h8-14,17,19H,7,15-16,18,20-21H2,1-6H3. The third-order valence-corrected chi connectivity index (χ3v) is 7.68. The summed E-state index contributed by atoms with van der Waals surface area (Å²) in [6.07, 6.45) is 2.95. The van der Waals surface area contributed by atoms with Gasteiger partial charge in [-0.05, 0) is 77.5 Å². The molecule has 4 rings (SSSR count). The monoisotopic (exact) mass is 501 g/mol. The summed E-state index contributed by atoms with van der Waals surface area (Å²) in [6, 6.07) is 17.9. The number of hydrogen-bond acceptors (Lipinski definition) is 4. The number of aryl methyl sites for hydroxylation is 1. The van der Waals surface area contributed by atoms with E-state index in [2.05, 4.69) is 46.8 Å². The molecule has 0 N–H and O–H groups in total. The van der Waals surface area contributed by atoms with Crippen molar-refractivity contribution in [3.05, 3.63) is 93.9 Å². The molecule has 2 aromatic carbocycles. The SMILES string of the molecule is CCOC(=O)CN(Cc1ccccc1)C(=O)c1ccc(Cc2cc3c(cc2C)C(C)(C)CCC3(C)C)o1. The highest BCUT2D eigenvalue weighted by Gasteiger charge is 2.37. The van der Waals surface area contributed by atoms with Crippen LogP contribution in [0.25, 0.3) is 0 Å². The van der Waals surface area contributed by atoms with Gasteiger partial charge in [0.05, 0.1) is 6.61 Å². The average molecular weight is 502 g/mol. The molecule has 1 aliphatic rings. The molecule has 196 valence electrons. The largest absolute Gasteiger partial charge is 0.465 e. The smallest absolute Gasteiger partial charge is 0.325 e. The van der Waals surface area contributed by atoms with Crippen LogP contribution in [0, 0.1) is 6.92 Å². The maximum Gasteiger partial charge on any atom is 0.325 e. The van der Waals surface area contributed by atoms with Crippen LogP contribution in [0.1, 0.15) is 91.6 Å². The average Bonchev–Trinajstić information content (AvgIpc) is 3.31. The molecule has 1 heterocycles. The molecule has 0 bridgehead atoms. The van der Waals surface area contributed by atoms with Crippen LogP contribution in [0.15, 0.2) is 59.0 Å². The summed E-state index contributed by atoms with van der Waals surface area (Å²) < 4.78 is 11.2. The van der Waals surface area contributed by atoms with Gasteiger partial charge in [-0.15, -0.1) is 0 Å². The van der Waals surface area contributed by atoms with Crippen LogP contribution in [0.2, 0.25) is 0 Å². The number of carbonyl (C=O) groups excluding carboxylic acids is 2. The lowest BCUT2D eigenvalue weighted by Gasteiger charge is -2.42. The third kappa shape index (κ3) is 5.98. The second kappa shape index (κ2) is 10.6. The van der Waals surface area contributed by atoms with E-state index in [1.54, 1.807) is 13.0 Å². The summed E-state index contributed by atoms with van der Waals surface area (Å²) in [5, 5.41) is 0. The lowest BCUT2D eigenvalue weighted by atomic mass is 9.62. The van der Waals surface area contributed by atoms with E-state index in [0.717, 1.165) is 17.7 Å². The zero-order valence-corrected chi connectivity index (χ0v) is 23.0. The van der Waals surface area contributed by atoms with Gasteiger partial charge in [0.25, 0.3) is 5.91 Å². The van der Waals surface area contributed by atoms with Gasteiger partial charge in [-0.25, -0.2) is 0 Å². The zero-order valence-electron chi connectivity index (χ0n) is 23.0. The number of furan rings is 1. The molecule has 0 aliphatic heterocycles. The lowest BCUT2D eigenvalue weighted by molar-refractivity contribution is -0.144. The van der Waals surface area contributed by atoms with Gasteiger partial charge in [0.2, 0.25) is 0 Å². The number of ether oxygens (including phenoxy) is 1. The Balaban J connectivity index is 1.57. The Morgan fingerprint density at radius 2 is 1.59 bits per heavy atom. The minimum atomic E-state index is -0.436. The Kier molecular flexibility index (Phi) is 7.63. The molecule has 0 fully saturated rings. The van der Waals surface area contributed by atoms with Crippen LogP contribution in [0.5, 0.6) is 0 Å². The fourth-order valence-corrected chi connectivity index (χ4v) is 5.25. The number of hydrogen-bond donors (Lipinski definition) is 0.